The van der Waals surface area contributed by atoms with Gasteiger partial charge in [0.25, 0.3) is 0 Å². The molecule has 1 N–H and O–H groups in total. The van der Waals surface area contributed by atoms with Gasteiger partial charge in [0.2, 0.25) is 0 Å². The Labute approximate surface area is 128 Å². The Kier molecular flexibility index (Phi) is 3.44. The number of pyridine rings is 1. The number of nitrogens with zero attached hydrogens (tertiary/aromatic N) is 4. The third kappa shape index (κ3) is 2.53. The molecule has 6 heteroatoms. The van der Waals surface area contributed by atoms with Gasteiger partial charge in [0, 0.05) is 37.2 Å². The van der Waals surface area contributed by atoms with Gasteiger partial charge in [-0.2, -0.15) is 0 Å². The van der Waals surface area contributed by atoms with Gasteiger partial charge in [0.05, 0.1) is 11.9 Å². The minimum Gasteiger partial charge on any atom is -0.381 e. The molecule has 0 amide bonds. The molecule has 0 aromatic carbocycles. The number of nitrogens with one attached hydrogen (secondary N) is 1. The standard InChI is InChI=1S/C16H17N5O/c1-2-12(10-17-7-1)14-11-18-16-4-3-15(20-21(14)16)19-13-5-8-22-9-6-13/h1-4,7,10-11,13H,5-6,8-9H2,(H,19,20). The Hall–Kier alpha value is -2.47. The highest BCUT2D eigenvalue weighted by atomic mass is 16.5. The Morgan fingerprint density at radius 3 is 2.86 bits per heavy atom. The number of anilines is 1. The summed E-state index contributed by atoms with van der Waals surface area (Å²) >= 11 is 0. The van der Waals surface area contributed by atoms with Gasteiger partial charge >= 0.3 is 0 Å². The van der Waals surface area contributed by atoms with E-state index in [9.17, 15) is 0 Å². The summed E-state index contributed by atoms with van der Waals surface area (Å²) in [5.41, 5.74) is 2.78. The molecular weight excluding hydrogens is 278 g/mol. The van der Waals surface area contributed by atoms with E-state index >= 15 is 0 Å². The zero-order chi connectivity index (χ0) is 14.8. The van der Waals surface area contributed by atoms with Crippen LogP contribution in [-0.4, -0.2) is 38.8 Å². The van der Waals surface area contributed by atoms with Crippen molar-refractivity contribution in [2.75, 3.05) is 18.5 Å². The summed E-state index contributed by atoms with van der Waals surface area (Å²) < 4.78 is 7.25. The Bertz CT molecular complexity index is 765. The van der Waals surface area contributed by atoms with Crippen molar-refractivity contribution >= 4 is 11.5 Å². The number of hydrogen-bond acceptors (Lipinski definition) is 5. The molecule has 0 spiro atoms. The lowest BCUT2D eigenvalue weighted by Crippen LogP contribution is -2.28. The highest BCUT2D eigenvalue weighted by Gasteiger charge is 2.15. The molecule has 3 aromatic rings. The van der Waals surface area contributed by atoms with E-state index in [1.165, 1.54) is 0 Å². The molecule has 4 heterocycles. The van der Waals surface area contributed by atoms with Crippen molar-refractivity contribution in [3.63, 3.8) is 0 Å². The lowest BCUT2D eigenvalue weighted by atomic mass is 10.1. The summed E-state index contributed by atoms with van der Waals surface area (Å²) in [6.45, 7) is 1.62. The summed E-state index contributed by atoms with van der Waals surface area (Å²) in [6, 6.07) is 8.30. The summed E-state index contributed by atoms with van der Waals surface area (Å²) in [5, 5.41) is 8.17. The van der Waals surface area contributed by atoms with E-state index in [-0.39, 0.29) is 0 Å². The van der Waals surface area contributed by atoms with E-state index in [0.717, 1.165) is 48.8 Å². The van der Waals surface area contributed by atoms with Gasteiger partial charge in [0.1, 0.15) is 5.82 Å². The largest absolute Gasteiger partial charge is 0.381 e. The van der Waals surface area contributed by atoms with Crippen LogP contribution in [0.2, 0.25) is 0 Å². The second-order valence-electron chi connectivity index (χ2n) is 5.40. The number of fused-ring (bicyclic) bond motifs is 1. The first-order valence-electron chi connectivity index (χ1n) is 7.49. The minimum atomic E-state index is 0.420. The van der Waals surface area contributed by atoms with Crippen molar-refractivity contribution < 1.29 is 4.74 Å². The highest BCUT2D eigenvalue weighted by Crippen LogP contribution is 2.20. The topological polar surface area (TPSA) is 64.3 Å². The first kappa shape index (κ1) is 13.2. The van der Waals surface area contributed by atoms with Crippen molar-refractivity contribution in [2.45, 2.75) is 18.9 Å². The number of hydrogen-bond donors (Lipinski definition) is 1. The van der Waals surface area contributed by atoms with Crippen LogP contribution in [0.25, 0.3) is 16.9 Å². The molecule has 0 unspecified atom stereocenters. The first-order chi connectivity index (χ1) is 10.9. The summed E-state index contributed by atoms with van der Waals surface area (Å²) in [4.78, 5) is 8.57. The summed E-state index contributed by atoms with van der Waals surface area (Å²) in [7, 11) is 0. The molecule has 0 radical (unpaired) electrons. The predicted octanol–water partition coefficient (Wildman–Crippen LogP) is 2.38. The molecule has 1 aliphatic rings. The molecule has 22 heavy (non-hydrogen) atoms. The lowest BCUT2D eigenvalue weighted by Gasteiger charge is -2.23. The number of rotatable bonds is 3. The van der Waals surface area contributed by atoms with Crippen LogP contribution in [0.3, 0.4) is 0 Å². The van der Waals surface area contributed by atoms with Crippen LogP contribution in [0.15, 0.2) is 42.9 Å². The second kappa shape index (κ2) is 5.73. The fraction of sp³-hybridized carbons (Fsp3) is 0.312. The van der Waals surface area contributed by atoms with Crippen molar-refractivity contribution in [3.8, 4) is 11.3 Å². The molecule has 0 aliphatic carbocycles. The molecule has 0 saturated carbocycles. The van der Waals surface area contributed by atoms with E-state index in [0.29, 0.717) is 6.04 Å². The van der Waals surface area contributed by atoms with Crippen molar-refractivity contribution in [2.24, 2.45) is 0 Å². The van der Waals surface area contributed by atoms with Gasteiger partial charge in [-0.1, -0.05) is 0 Å². The zero-order valence-corrected chi connectivity index (χ0v) is 12.1. The molecular formula is C16H17N5O. The van der Waals surface area contributed by atoms with Crippen molar-refractivity contribution in [1.29, 1.82) is 0 Å². The zero-order valence-electron chi connectivity index (χ0n) is 12.1. The van der Waals surface area contributed by atoms with Crippen LogP contribution in [0.4, 0.5) is 5.82 Å². The van der Waals surface area contributed by atoms with E-state index in [1.54, 1.807) is 6.20 Å². The minimum absolute atomic E-state index is 0.420. The van der Waals surface area contributed by atoms with E-state index < -0.39 is 0 Å². The molecule has 4 rings (SSSR count). The Morgan fingerprint density at radius 1 is 1.14 bits per heavy atom. The van der Waals surface area contributed by atoms with Crippen molar-refractivity contribution in [3.05, 3.63) is 42.9 Å². The number of imidazole rings is 1. The van der Waals surface area contributed by atoms with Crippen LogP contribution < -0.4 is 5.32 Å². The monoisotopic (exact) mass is 295 g/mol. The average molecular weight is 295 g/mol. The maximum absolute atomic E-state index is 5.39. The van der Waals surface area contributed by atoms with Gasteiger partial charge in [0.15, 0.2) is 5.65 Å². The van der Waals surface area contributed by atoms with Gasteiger partial charge < -0.3 is 10.1 Å². The maximum Gasteiger partial charge on any atom is 0.154 e. The number of aromatic nitrogens is 4. The van der Waals surface area contributed by atoms with Gasteiger partial charge in [-0.3, -0.25) is 4.98 Å². The quantitative estimate of drug-likeness (QED) is 0.803. The van der Waals surface area contributed by atoms with Gasteiger partial charge in [-0.25, -0.2) is 9.50 Å². The molecule has 1 aliphatic heterocycles. The first-order valence-corrected chi connectivity index (χ1v) is 7.49. The molecule has 1 fully saturated rings. The molecule has 6 nitrogen and oxygen atoms in total. The van der Waals surface area contributed by atoms with Crippen LogP contribution in [-0.2, 0) is 4.74 Å². The average Bonchev–Trinajstić information content (AvgIpc) is 3.00. The van der Waals surface area contributed by atoms with Gasteiger partial charge in [-0.05, 0) is 37.1 Å². The number of ether oxygens (including phenoxy) is 1. The lowest BCUT2D eigenvalue weighted by molar-refractivity contribution is 0.0903. The normalized spacial score (nSPS) is 16.0. The summed E-state index contributed by atoms with van der Waals surface area (Å²) in [6.07, 6.45) is 7.44. The molecule has 0 bridgehead atoms. The molecule has 1 saturated heterocycles. The third-order valence-electron chi connectivity index (χ3n) is 3.89. The van der Waals surface area contributed by atoms with Gasteiger partial charge in [-0.15, -0.1) is 5.10 Å². The fourth-order valence-corrected chi connectivity index (χ4v) is 2.71. The summed E-state index contributed by atoms with van der Waals surface area (Å²) in [5.74, 6) is 0.863. The highest BCUT2D eigenvalue weighted by molar-refractivity contribution is 5.62. The van der Waals surface area contributed by atoms with Crippen LogP contribution in [0.5, 0.6) is 0 Å². The van der Waals surface area contributed by atoms with Crippen LogP contribution >= 0.6 is 0 Å². The SMILES string of the molecule is c1cncc(-c2cnc3ccc(NC4CCOCC4)nn23)c1. The molecule has 112 valence electrons. The van der Waals surface area contributed by atoms with E-state index in [4.69, 9.17) is 4.74 Å². The maximum atomic E-state index is 5.39. The molecule has 0 atom stereocenters. The van der Waals surface area contributed by atoms with E-state index in [2.05, 4.69) is 20.4 Å². The second-order valence-corrected chi connectivity index (χ2v) is 5.40. The Balaban J connectivity index is 1.67. The van der Waals surface area contributed by atoms with Crippen molar-refractivity contribution in [1.82, 2.24) is 19.6 Å². The Morgan fingerprint density at radius 2 is 2.05 bits per heavy atom. The van der Waals surface area contributed by atoms with E-state index in [1.807, 2.05) is 41.2 Å². The van der Waals surface area contributed by atoms with Crippen LogP contribution in [0.1, 0.15) is 12.8 Å². The predicted molar refractivity (Wildman–Crippen MR) is 83.7 cm³/mol. The smallest absolute Gasteiger partial charge is 0.154 e. The molecule has 3 aromatic heterocycles. The third-order valence-corrected chi connectivity index (χ3v) is 3.89. The fourth-order valence-electron chi connectivity index (χ4n) is 2.71. The van der Waals surface area contributed by atoms with Crippen LogP contribution in [0, 0.1) is 0 Å².